The molecule has 0 radical (unpaired) electrons. The summed E-state index contributed by atoms with van der Waals surface area (Å²) in [7, 11) is 0. The highest BCUT2D eigenvalue weighted by Gasteiger charge is 2.25. The van der Waals surface area contributed by atoms with Crippen molar-refractivity contribution in [1.82, 2.24) is 0 Å². The van der Waals surface area contributed by atoms with Crippen LogP contribution in [0.1, 0.15) is 22.3 Å². The van der Waals surface area contributed by atoms with E-state index in [0.29, 0.717) is 0 Å². The van der Waals surface area contributed by atoms with Crippen molar-refractivity contribution < 1.29 is 0 Å². The minimum absolute atomic E-state index is 1.10. The van der Waals surface area contributed by atoms with Crippen LogP contribution in [-0.4, -0.2) is 0 Å². The normalized spacial score (nSPS) is 11.6. The van der Waals surface area contributed by atoms with Gasteiger partial charge in [-0.1, -0.05) is 194 Å². The largest absolute Gasteiger partial charge is 0.309 e. The molecule has 2 heterocycles. The van der Waals surface area contributed by atoms with Gasteiger partial charge in [0.15, 0.2) is 0 Å². The zero-order valence-electron chi connectivity index (χ0n) is 49.4. The molecule has 0 aliphatic carbocycles. The Hall–Kier alpha value is -10.4. The molecule has 2 nitrogen and oxygen atoms in total. The van der Waals surface area contributed by atoms with Crippen LogP contribution in [0.25, 0.3) is 118 Å². The van der Waals surface area contributed by atoms with E-state index < -0.39 is 0 Å². The number of nitrogens with zero attached hydrogens (tertiary/aromatic N) is 2. The third-order valence-corrected chi connectivity index (χ3v) is 20.2. The van der Waals surface area contributed by atoms with E-state index in [9.17, 15) is 0 Å². The van der Waals surface area contributed by atoms with Gasteiger partial charge in [0.25, 0.3) is 0 Å². The molecular weight excluding hydrogens is 1100 g/mol. The molecule has 0 saturated heterocycles. The molecule has 0 bridgehead atoms. The van der Waals surface area contributed by atoms with Gasteiger partial charge in [0.2, 0.25) is 0 Å². The van der Waals surface area contributed by atoms with Gasteiger partial charge in [-0.25, -0.2) is 0 Å². The number of benzene rings is 14. The van der Waals surface area contributed by atoms with E-state index in [-0.39, 0.29) is 0 Å². The van der Waals surface area contributed by atoms with E-state index in [0.717, 1.165) is 22.7 Å². The molecule has 16 rings (SSSR count). The SMILES string of the molecule is Cc1cc(-c2ccc(N(c3ccc(-c4ccc5ccccc5c4)cc3)c3c(C)cccc3-c3ccc4sc5ccccc5c4c3)c(C)c2)ccc1N(c1ccc(-c2ccc3ccccc3c2)cc1)c1c(C)cccc1-c1ccc2sc3ccccc3c2c1. The van der Waals surface area contributed by atoms with Gasteiger partial charge in [-0.3, -0.25) is 0 Å². The lowest BCUT2D eigenvalue weighted by Crippen LogP contribution is -2.14. The van der Waals surface area contributed by atoms with Gasteiger partial charge in [-0.05, 0) is 213 Å². The summed E-state index contributed by atoms with van der Waals surface area (Å²) in [5.41, 5.74) is 23.4. The smallest absolute Gasteiger partial charge is 0.0569 e. The second kappa shape index (κ2) is 21.9. The summed E-state index contributed by atoms with van der Waals surface area (Å²) in [4.78, 5) is 5.00. The van der Waals surface area contributed by atoms with Gasteiger partial charge in [0.1, 0.15) is 0 Å². The summed E-state index contributed by atoms with van der Waals surface area (Å²) < 4.78 is 5.22. The van der Waals surface area contributed by atoms with Gasteiger partial charge >= 0.3 is 0 Å². The molecule has 2 aromatic heterocycles. The molecule has 418 valence electrons. The minimum Gasteiger partial charge on any atom is -0.309 e. The van der Waals surface area contributed by atoms with Gasteiger partial charge in [0, 0.05) is 74.2 Å². The fourth-order valence-corrected chi connectivity index (χ4v) is 15.6. The van der Waals surface area contributed by atoms with Gasteiger partial charge in [-0.15, -0.1) is 22.7 Å². The van der Waals surface area contributed by atoms with Crippen molar-refractivity contribution in [3.63, 3.8) is 0 Å². The first kappa shape index (κ1) is 53.1. The summed E-state index contributed by atoms with van der Waals surface area (Å²) in [6, 6.07) is 108. The lowest BCUT2D eigenvalue weighted by molar-refractivity contribution is 1.22. The van der Waals surface area contributed by atoms with Crippen LogP contribution >= 0.6 is 22.7 Å². The Kier molecular flexibility index (Phi) is 13.2. The molecule has 14 aromatic carbocycles. The molecule has 0 amide bonds. The van der Waals surface area contributed by atoms with Crippen molar-refractivity contribution >= 4 is 119 Å². The molecule has 0 aliphatic rings. The fraction of sp³-hybridized carbons (Fsp3) is 0.0476. The Morgan fingerprint density at radius 2 is 0.580 bits per heavy atom. The Bertz CT molecular complexity index is 5060. The van der Waals surface area contributed by atoms with E-state index >= 15 is 0 Å². The van der Waals surface area contributed by atoms with Crippen LogP contribution in [0.2, 0.25) is 0 Å². The van der Waals surface area contributed by atoms with E-state index in [2.05, 4.69) is 329 Å². The van der Waals surface area contributed by atoms with Crippen molar-refractivity contribution in [2.24, 2.45) is 0 Å². The van der Waals surface area contributed by atoms with E-state index in [1.807, 2.05) is 22.7 Å². The molecule has 0 unspecified atom stereocenters. The van der Waals surface area contributed by atoms with Crippen molar-refractivity contribution in [2.75, 3.05) is 9.80 Å². The van der Waals surface area contributed by atoms with Gasteiger partial charge in [0.05, 0.1) is 11.4 Å². The molecule has 88 heavy (non-hydrogen) atoms. The average Bonchev–Trinajstić information content (AvgIpc) is 2.06. The molecule has 0 N–H and O–H groups in total. The molecule has 0 aliphatic heterocycles. The highest BCUT2D eigenvalue weighted by Crippen LogP contribution is 2.49. The van der Waals surface area contributed by atoms with Crippen LogP contribution in [0.15, 0.2) is 291 Å². The van der Waals surface area contributed by atoms with Crippen molar-refractivity contribution in [1.29, 1.82) is 0 Å². The predicted molar refractivity (Wildman–Crippen MR) is 383 cm³/mol. The van der Waals surface area contributed by atoms with Crippen LogP contribution in [0.4, 0.5) is 34.1 Å². The second-order valence-electron chi connectivity index (χ2n) is 23.5. The Morgan fingerprint density at radius 3 is 1.01 bits per heavy atom. The molecule has 16 aromatic rings. The van der Waals surface area contributed by atoms with Gasteiger partial charge < -0.3 is 9.80 Å². The second-order valence-corrected chi connectivity index (χ2v) is 25.6. The third kappa shape index (κ3) is 9.41. The number of hydrogen-bond acceptors (Lipinski definition) is 4. The first-order valence-electron chi connectivity index (χ1n) is 30.3. The van der Waals surface area contributed by atoms with Crippen LogP contribution in [-0.2, 0) is 0 Å². The number of fused-ring (bicyclic) bond motifs is 8. The summed E-state index contributed by atoms with van der Waals surface area (Å²) in [6.45, 7) is 9.07. The zero-order chi connectivity index (χ0) is 59.0. The molecule has 0 spiro atoms. The van der Waals surface area contributed by atoms with Crippen molar-refractivity contribution in [3.05, 3.63) is 313 Å². The minimum atomic E-state index is 1.10. The Labute approximate surface area is 521 Å². The quantitative estimate of drug-likeness (QED) is 0.127. The highest BCUT2D eigenvalue weighted by atomic mass is 32.1. The highest BCUT2D eigenvalue weighted by molar-refractivity contribution is 7.26. The maximum Gasteiger partial charge on any atom is 0.0569 e. The summed E-state index contributed by atoms with van der Waals surface area (Å²) in [6.07, 6.45) is 0. The lowest BCUT2D eigenvalue weighted by atomic mass is 9.94. The molecule has 0 atom stereocenters. The monoisotopic (exact) mass is 1160 g/mol. The Balaban J connectivity index is 0.808. The third-order valence-electron chi connectivity index (χ3n) is 17.9. The van der Waals surface area contributed by atoms with E-state index in [1.54, 1.807) is 0 Å². The standard InChI is InChI=1S/C84H60N2S2/c1-53-15-13-23-71(67-37-45-81-75(51-67)73-21-9-11-25-79(73)87-81)83(53)85(69-39-31-59(32-40-69)65-29-27-57-17-5-7-19-61(57)49-65)77-43-35-63(47-55(77)3)64-36-44-78(56(4)48-64)86(70-41-33-60(34-42-70)66-30-28-58-18-6-8-20-62(58)50-66)84-54(2)16-14-24-72(84)68-38-46-82-76(52-68)74-22-10-12-26-80(74)88-82/h5-52H,1-4H3. The zero-order valence-corrected chi connectivity index (χ0v) is 51.1. The molecule has 0 saturated carbocycles. The van der Waals surface area contributed by atoms with Crippen LogP contribution < -0.4 is 9.80 Å². The van der Waals surface area contributed by atoms with E-state index in [1.165, 1.54) is 151 Å². The fourth-order valence-electron chi connectivity index (χ4n) is 13.5. The van der Waals surface area contributed by atoms with Crippen LogP contribution in [0.5, 0.6) is 0 Å². The number of thiophene rings is 2. The molecule has 4 heteroatoms. The first-order chi connectivity index (χ1) is 43.2. The van der Waals surface area contributed by atoms with E-state index in [4.69, 9.17) is 0 Å². The van der Waals surface area contributed by atoms with Crippen molar-refractivity contribution in [2.45, 2.75) is 27.7 Å². The molecular formula is C84H60N2S2. The van der Waals surface area contributed by atoms with Crippen LogP contribution in [0.3, 0.4) is 0 Å². The molecule has 0 fully saturated rings. The Morgan fingerprint density at radius 1 is 0.227 bits per heavy atom. The number of anilines is 6. The number of aryl methyl sites for hydroxylation is 4. The summed E-state index contributed by atoms with van der Waals surface area (Å²) >= 11 is 3.73. The number of para-hydroxylation sites is 2. The van der Waals surface area contributed by atoms with Crippen molar-refractivity contribution in [3.8, 4) is 55.6 Å². The topological polar surface area (TPSA) is 6.48 Å². The summed E-state index contributed by atoms with van der Waals surface area (Å²) in [5.74, 6) is 0. The number of rotatable bonds is 11. The number of hydrogen-bond donors (Lipinski definition) is 0. The lowest BCUT2D eigenvalue weighted by Gasteiger charge is -2.31. The van der Waals surface area contributed by atoms with Gasteiger partial charge in [-0.2, -0.15) is 0 Å². The average molecular weight is 1160 g/mol. The maximum atomic E-state index is 2.50. The maximum absolute atomic E-state index is 2.50. The predicted octanol–water partition coefficient (Wildman–Crippen LogP) is 25.2. The first-order valence-corrected chi connectivity index (χ1v) is 31.9. The summed E-state index contributed by atoms with van der Waals surface area (Å²) in [5, 5.41) is 10.2. The van der Waals surface area contributed by atoms with Crippen LogP contribution in [0, 0.1) is 27.7 Å².